The number of ether oxygens (including phenoxy) is 2. The average Bonchev–Trinajstić information content (AvgIpc) is 2.25. The van der Waals surface area contributed by atoms with Crippen molar-refractivity contribution in [3.05, 3.63) is 23.8 Å². The molecule has 0 saturated heterocycles. The molecule has 0 aliphatic heterocycles. The Morgan fingerprint density at radius 2 is 1.89 bits per heavy atom. The lowest BCUT2D eigenvalue weighted by atomic mass is 10.1. The summed E-state index contributed by atoms with van der Waals surface area (Å²) in [5.74, 6) is -2.67. The summed E-state index contributed by atoms with van der Waals surface area (Å²) < 4.78 is 68.4. The summed E-state index contributed by atoms with van der Waals surface area (Å²) in [6, 6.07) is 2.35. The Bertz CT molecular complexity index is 442. The SMILES string of the molecule is COc1ccc(OC(F)(F)F)cc1C(=O)C(F)F. The highest BCUT2D eigenvalue weighted by Crippen LogP contribution is 2.29. The van der Waals surface area contributed by atoms with E-state index in [1.165, 1.54) is 0 Å². The summed E-state index contributed by atoms with van der Waals surface area (Å²) in [5, 5.41) is 0. The van der Waals surface area contributed by atoms with Gasteiger partial charge in [0.25, 0.3) is 0 Å². The number of halogens is 5. The molecule has 0 heterocycles. The Labute approximate surface area is 98.1 Å². The zero-order valence-corrected chi connectivity index (χ0v) is 8.92. The predicted octanol–water partition coefficient (Wildman–Crippen LogP) is 3.04. The Kier molecular flexibility index (Phi) is 4.10. The van der Waals surface area contributed by atoms with E-state index in [2.05, 4.69) is 9.47 Å². The molecule has 0 amide bonds. The van der Waals surface area contributed by atoms with Gasteiger partial charge in [-0.15, -0.1) is 13.2 Å². The Balaban J connectivity index is 3.14. The van der Waals surface area contributed by atoms with Gasteiger partial charge < -0.3 is 9.47 Å². The van der Waals surface area contributed by atoms with E-state index in [4.69, 9.17) is 0 Å². The van der Waals surface area contributed by atoms with Crippen LogP contribution in [0.5, 0.6) is 11.5 Å². The normalized spacial score (nSPS) is 11.5. The van der Waals surface area contributed by atoms with Crippen LogP contribution in [0.1, 0.15) is 10.4 Å². The van der Waals surface area contributed by atoms with Crippen molar-refractivity contribution >= 4 is 5.78 Å². The highest BCUT2D eigenvalue weighted by molar-refractivity contribution is 6.01. The third-order valence-corrected chi connectivity index (χ3v) is 1.87. The first kappa shape index (κ1) is 14.2. The highest BCUT2D eigenvalue weighted by Gasteiger charge is 2.32. The lowest BCUT2D eigenvalue weighted by Gasteiger charge is -2.12. The van der Waals surface area contributed by atoms with Gasteiger partial charge in [0.15, 0.2) is 0 Å². The molecule has 0 unspecified atom stereocenters. The van der Waals surface area contributed by atoms with Gasteiger partial charge in [0.2, 0.25) is 5.78 Å². The van der Waals surface area contributed by atoms with Gasteiger partial charge in [-0.1, -0.05) is 0 Å². The second-order valence-corrected chi connectivity index (χ2v) is 3.07. The summed E-state index contributed by atoms with van der Waals surface area (Å²) in [4.78, 5) is 11.1. The van der Waals surface area contributed by atoms with Crippen molar-refractivity contribution in [3.63, 3.8) is 0 Å². The number of rotatable bonds is 4. The van der Waals surface area contributed by atoms with Crippen molar-refractivity contribution in [2.24, 2.45) is 0 Å². The zero-order valence-electron chi connectivity index (χ0n) is 8.92. The molecule has 1 rings (SSSR count). The maximum absolute atomic E-state index is 12.2. The molecule has 0 N–H and O–H groups in total. The molecule has 1 aromatic rings. The molecule has 18 heavy (non-hydrogen) atoms. The molecule has 8 heteroatoms. The maximum Gasteiger partial charge on any atom is 0.573 e. The van der Waals surface area contributed by atoms with E-state index >= 15 is 0 Å². The molecule has 1 aromatic carbocycles. The summed E-state index contributed by atoms with van der Waals surface area (Å²) in [7, 11) is 1.10. The molecule has 3 nitrogen and oxygen atoms in total. The monoisotopic (exact) mass is 270 g/mol. The minimum atomic E-state index is -4.97. The first-order chi connectivity index (χ1) is 8.24. The van der Waals surface area contributed by atoms with Gasteiger partial charge in [0.1, 0.15) is 11.5 Å². The van der Waals surface area contributed by atoms with Crippen molar-refractivity contribution < 1.29 is 36.2 Å². The predicted molar refractivity (Wildman–Crippen MR) is 50.0 cm³/mol. The van der Waals surface area contributed by atoms with Gasteiger partial charge in [-0.3, -0.25) is 4.79 Å². The first-order valence-corrected chi connectivity index (χ1v) is 4.50. The molecule has 100 valence electrons. The fourth-order valence-electron chi connectivity index (χ4n) is 1.19. The van der Waals surface area contributed by atoms with E-state index in [0.717, 1.165) is 19.2 Å². The fourth-order valence-corrected chi connectivity index (χ4v) is 1.19. The average molecular weight is 270 g/mol. The quantitative estimate of drug-likeness (QED) is 0.623. The number of ketones is 1. The van der Waals surface area contributed by atoms with E-state index in [1.54, 1.807) is 0 Å². The van der Waals surface area contributed by atoms with Gasteiger partial charge in [-0.05, 0) is 18.2 Å². The van der Waals surface area contributed by atoms with E-state index in [0.29, 0.717) is 6.07 Å². The molecule has 0 spiro atoms. The third kappa shape index (κ3) is 3.57. The van der Waals surface area contributed by atoms with Crippen LogP contribution in [-0.4, -0.2) is 25.7 Å². The number of hydrogen-bond acceptors (Lipinski definition) is 3. The van der Waals surface area contributed by atoms with Gasteiger partial charge in [0.05, 0.1) is 12.7 Å². The van der Waals surface area contributed by atoms with Crippen LogP contribution >= 0.6 is 0 Å². The number of alkyl halides is 5. The van der Waals surface area contributed by atoms with Crippen molar-refractivity contribution in [1.29, 1.82) is 0 Å². The number of hydrogen-bond donors (Lipinski definition) is 0. The van der Waals surface area contributed by atoms with Crippen LogP contribution in [0.4, 0.5) is 22.0 Å². The number of benzene rings is 1. The standard InChI is InChI=1S/C10H7F5O3/c1-17-7-3-2-5(18-10(13,14)15)4-6(7)8(16)9(11)12/h2-4,9H,1H3. The van der Waals surface area contributed by atoms with Gasteiger partial charge >= 0.3 is 12.8 Å². The minimum absolute atomic E-state index is 0.255. The van der Waals surface area contributed by atoms with Crippen LogP contribution in [0.2, 0.25) is 0 Å². The molecule has 0 aliphatic rings. The van der Waals surface area contributed by atoms with E-state index in [1.807, 2.05) is 0 Å². The molecule has 0 saturated carbocycles. The highest BCUT2D eigenvalue weighted by atomic mass is 19.4. The lowest BCUT2D eigenvalue weighted by Crippen LogP contribution is -2.18. The van der Waals surface area contributed by atoms with Crippen LogP contribution in [-0.2, 0) is 0 Å². The molecule has 0 bridgehead atoms. The second kappa shape index (κ2) is 5.19. The zero-order chi connectivity index (χ0) is 13.9. The van der Waals surface area contributed by atoms with Crippen LogP contribution < -0.4 is 9.47 Å². The van der Waals surface area contributed by atoms with Crippen LogP contribution in [0.3, 0.4) is 0 Å². The summed E-state index contributed by atoms with van der Waals surface area (Å²) in [6.45, 7) is 0. The van der Waals surface area contributed by atoms with Crippen LogP contribution in [0, 0.1) is 0 Å². The molecule has 0 atom stereocenters. The molecular formula is C10H7F5O3. The number of carbonyl (C=O) groups is 1. The molecule has 0 radical (unpaired) electrons. The number of Topliss-reactive ketones (excluding diaryl/α,β-unsaturated/α-hetero) is 1. The Morgan fingerprint density at radius 1 is 1.28 bits per heavy atom. The van der Waals surface area contributed by atoms with Crippen molar-refractivity contribution in [1.82, 2.24) is 0 Å². The van der Waals surface area contributed by atoms with Crippen molar-refractivity contribution in [3.8, 4) is 11.5 Å². The number of carbonyl (C=O) groups excluding carboxylic acids is 1. The fraction of sp³-hybridized carbons (Fsp3) is 0.300. The van der Waals surface area contributed by atoms with Crippen molar-refractivity contribution in [2.45, 2.75) is 12.8 Å². The first-order valence-electron chi connectivity index (χ1n) is 4.50. The Hall–Kier alpha value is -1.86. The lowest BCUT2D eigenvalue weighted by molar-refractivity contribution is -0.274. The number of methoxy groups -OCH3 is 1. The van der Waals surface area contributed by atoms with Crippen LogP contribution in [0.25, 0.3) is 0 Å². The summed E-state index contributed by atoms with van der Waals surface area (Å²) in [5.41, 5.74) is -0.672. The van der Waals surface area contributed by atoms with E-state index in [-0.39, 0.29) is 5.75 Å². The summed E-state index contributed by atoms with van der Waals surface area (Å²) in [6.07, 6.45) is -8.32. The van der Waals surface area contributed by atoms with E-state index in [9.17, 15) is 26.7 Å². The smallest absolute Gasteiger partial charge is 0.496 e. The van der Waals surface area contributed by atoms with Gasteiger partial charge in [-0.25, -0.2) is 8.78 Å². The Morgan fingerprint density at radius 3 is 2.33 bits per heavy atom. The topological polar surface area (TPSA) is 35.5 Å². The summed E-state index contributed by atoms with van der Waals surface area (Å²) >= 11 is 0. The van der Waals surface area contributed by atoms with Gasteiger partial charge in [-0.2, -0.15) is 0 Å². The maximum atomic E-state index is 12.2. The molecule has 0 aromatic heterocycles. The van der Waals surface area contributed by atoms with Gasteiger partial charge in [0, 0.05) is 0 Å². The molecule has 0 aliphatic carbocycles. The molecule has 0 fully saturated rings. The minimum Gasteiger partial charge on any atom is -0.496 e. The van der Waals surface area contributed by atoms with E-state index < -0.39 is 29.9 Å². The third-order valence-electron chi connectivity index (χ3n) is 1.87. The largest absolute Gasteiger partial charge is 0.573 e. The molecular weight excluding hydrogens is 263 g/mol. The van der Waals surface area contributed by atoms with Crippen molar-refractivity contribution in [2.75, 3.05) is 7.11 Å². The van der Waals surface area contributed by atoms with Crippen LogP contribution in [0.15, 0.2) is 18.2 Å². The second-order valence-electron chi connectivity index (χ2n) is 3.07.